The van der Waals surface area contributed by atoms with Gasteiger partial charge in [0.2, 0.25) is 0 Å². The van der Waals surface area contributed by atoms with Crippen LogP contribution in [-0.4, -0.2) is 9.78 Å². The number of benzene rings is 1. The summed E-state index contributed by atoms with van der Waals surface area (Å²) in [5.74, 6) is -0.275. The summed E-state index contributed by atoms with van der Waals surface area (Å²) in [6.45, 7) is 0. The quantitative estimate of drug-likeness (QED) is 0.786. The number of hydrogen-bond donors (Lipinski definition) is 1. The fraction of sp³-hybridized carbons (Fsp3) is 0.250. The first kappa shape index (κ1) is 9.39. The van der Waals surface area contributed by atoms with Gasteiger partial charge in [-0.25, -0.2) is 4.39 Å². The maximum absolute atomic E-state index is 13.1. The molecule has 0 atom stereocenters. The average molecular weight is 217 g/mol. The number of hydrogen-bond acceptors (Lipinski definition) is 2. The van der Waals surface area contributed by atoms with E-state index >= 15 is 0 Å². The fourth-order valence-corrected chi connectivity index (χ4v) is 1.79. The first-order valence-corrected chi connectivity index (χ1v) is 5.33. The van der Waals surface area contributed by atoms with Gasteiger partial charge in [0.05, 0.1) is 12.2 Å². The van der Waals surface area contributed by atoms with Crippen LogP contribution in [0.1, 0.15) is 18.9 Å². The lowest BCUT2D eigenvalue weighted by atomic mass is 10.1. The van der Waals surface area contributed by atoms with E-state index in [1.54, 1.807) is 12.3 Å². The van der Waals surface area contributed by atoms with Crippen LogP contribution in [0.3, 0.4) is 0 Å². The highest BCUT2D eigenvalue weighted by molar-refractivity contribution is 5.75. The molecule has 2 aromatic rings. The van der Waals surface area contributed by atoms with Crippen molar-refractivity contribution >= 4 is 5.69 Å². The van der Waals surface area contributed by atoms with E-state index in [1.165, 1.54) is 25.0 Å². The summed E-state index contributed by atoms with van der Waals surface area (Å²) in [6, 6.07) is 4.93. The normalized spacial score (nSPS) is 15.3. The Morgan fingerprint density at radius 2 is 2.19 bits per heavy atom. The Morgan fingerprint density at radius 3 is 2.94 bits per heavy atom. The van der Waals surface area contributed by atoms with Crippen LogP contribution in [-0.2, 0) is 0 Å². The Bertz CT molecular complexity index is 529. The number of halogens is 1. The predicted octanol–water partition coefficient (Wildman–Crippen LogP) is 2.61. The lowest BCUT2D eigenvalue weighted by Crippen LogP contribution is -1.92. The Labute approximate surface area is 92.7 Å². The van der Waals surface area contributed by atoms with Gasteiger partial charge in [0.25, 0.3) is 0 Å². The van der Waals surface area contributed by atoms with Crippen LogP contribution >= 0.6 is 0 Å². The van der Waals surface area contributed by atoms with Gasteiger partial charge in [0.1, 0.15) is 5.82 Å². The minimum Gasteiger partial charge on any atom is -0.398 e. The van der Waals surface area contributed by atoms with Gasteiger partial charge in [-0.05, 0) is 31.0 Å². The second kappa shape index (κ2) is 3.33. The van der Waals surface area contributed by atoms with E-state index in [4.69, 9.17) is 5.73 Å². The number of rotatable bonds is 2. The van der Waals surface area contributed by atoms with Crippen molar-refractivity contribution in [2.45, 2.75) is 18.9 Å². The topological polar surface area (TPSA) is 43.8 Å². The summed E-state index contributed by atoms with van der Waals surface area (Å²) in [5.41, 5.74) is 7.99. The number of nitrogens with zero attached hydrogens (tertiary/aromatic N) is 2. The molecule has 1 aliphatic carbocycles. The highest BCUT2D eigenvalue weighted by Gasteiger charge is 2.24. The average Bonchev–Trinajstić information content (AvgIpc) is 3.01. The van der Waals surface area contributed by atoms with Gasteiger partial charge in [0.15, 0.2) is 0 Å². The van der Waals surface area contributed by atoms with Crippen LogP contribution in [0.15, 0.2) is 30.6 Å². The van der Waals surface area contributed by atoms with Crippen LogP contribution in [0.4, 0.5) is 10.1 Å². The van der Waals surface area contributed by atoms with Gasteiger partial charge in [-0.2, -0.15) is 5.10 Å². The van der Waals surface area contributed by atoms with E-state index in [0.29, 0.717) is 17.3 Å². The number of nitrogen functional groups attached to an aromatic ring is 1. The molecule has 3 rings (SSSR count). The minimum atomic E-state index is -0.275. The smallest absolute Gasteiger partial charge is 0.123 e. The third-order valence-electron chi connectivity index (χ3n) is 2.85. The van der Waals surface area contributed by atoms with Crippen LogP contribution in [0.2, 0.25) is 0 Å². The van der Waals surface area contributed by atoms with Gasteiger partial charge in [0, 0.05) is 23.0 Å². The SMILES string of the molecule is Nc1ccc(F)cc1-c1cnn(C2CC2)c1. The molecule has 0 amide bonds. The van der Waals surface area contributed by atoms with Crippen molar-refractivity contribution in [3.8, 4) is 11.1 Å². The highest BCUT2D eigenvalue weighted by atomic mass is 19.1. The number of nitrogens with two attached hydrogens (primary N) is 1. The summed E-state index contributed by atoms with van der Waals surface area (Å²) >= 11 is 0. The van der Waals surface area contributed by atoms with E-state index in [9.17, 15) is 4.39 Å². The van der Waals surface area contributed by atoms with Gasteiger partial charge in [-0.1, -0.05) is 0 Å². The molecule has 3 nitrogen and oxygen atoms in total. The van der Waals surface area contributed by atoms with Gasteiger partial charge in [-0.3, -0.25) is 4.68 Å². The van der Waals surface area contributed by atoms with Crippen LogP contribution in [0.25, 0.3) is 11.1 Å². The summed E-state index contributed by atoms with van der Waals surface area (Å²) in [7, 11) is 0. The van der Waals surface area contributed by atoms with E-state index in [2.05, 4.69) is 5.10 Å². The van der Waals surface area contributed by atoms with E-state index < -0.39 is 0 Å². The van der Waals surface area contributed by atoms with Crippen LogP contribution in [0.5, 0.6) is 0 Å². The molecule has 0 saturated heterocycles. The molecule has 1 aliphatic rings. The molecule has 0 radical (unpaired) electrons. The third-order valence-corrected chi connectivity index (χ3v) is 2.85. The zero-order chi connectivity index (χ0) is 11.1. The zero-order valence-electron chi connectivity index (χ0n) is 8.73. The number of anilines is 1. The molecule has 1 fully saturated rings. The first-order chi connectivity index (χ1) is 7.74. The molecule has 1 heterocycles. The summed E-state index contributed by atoms with van der Waals surface area (Å²) in [5, 5.41) is 4.26. The van der Waals surface area contributed by atoms with Crippen molar-refractivity contribution in [2.24, 2.45) is 0 Å². The molecule has 0 aliphatic heterocycles. The molecule has 0 unspecified atom stereocenters. The maximum atomic E-state index is 13.1. The molecule has 0 bridgehead atoms. The standard InChI is InChI=1S/C12H12FN3/c13-9-1-4-12(14)11(5-9)8-6-15-16(7-8)10-2-3-10/h1,4-7,10H,2-3,14H2. The lowest BCUT2D eigenvalue weighted by Gasteiger charge is -2.02. The van der Waals surface area contributed by atoms with E-state index in [-0.39, 0.29) is 5.82 Å². The van der Waals surface area contributed by atoms with E-state index in [0.717, 1.165) is 5.56 Å². The van der Waals surface area contributed by atoms with Crippen molar-refractivity contribution in [3.63, 3.8) is 0 Å². The molecule has 0 spiro atoms. The summed E-state index contributed by atoms with van der Waals surface area (Å²) in [4.78, 5) is 0. The second-order valence-corrected chi connectivity index (χ2v) is 4.17. The minimum absolute atomic E-state index is 0.275. The van der Waals surface area contributed by atoms with Gasteiger partial charge >= 0.3 is 0 Å². The molecule has 1 aromatic heterocycles. The Morgan fingerprint density at radius 1 is 1.38 bits per heavy atom. The molecule has 2 N–H and O–H groups in total. The Kier molecular flexibility index (Phi) is 1.96. The monoisotopic (exact) mass is 217 g/mol. The fourth-order valence-electron chi connectivity index (χ4n) is 1.79. The zero-order valence-corrected chi connectivity index (χ0v) is 8.73. The summed E-state index contributed by atoms with van der Waals surface area (Å²) < 4.78 is 15.1. The van der Waals surface area contributed by atoms with Crippen LogP contribution < -0.4 is 5.73 Å². The predicted molar refractivity (Wildman–Crippen MR) is 60.3 cm³/mol. The molecule has 82 valence electrons. The highest BCUT2D eigenvalue weighted by Crippen LogP contribution is 2.36. The molecule has 1 aromatic carbocycles. The van der Waals surface area contributed by atoms with Crippen molar-refractivity contribution in [3.05, 3.63) is 36.4 Å². The molecule has 4 heteroatoms. The largest absolute Gasteiger partial charge is 0.398 e. The Hall–Kier alpha value is -1.84. The third kappa shape index (κ3) is 1.56. The van der Waals surface area contributed by atoms with Gasteiger partial charge < -0.3 is 5.73 Å². The van der Waals surface area contributed by atoms with Crippen LogP contribution in [0, 0.1) is 5.82 Å². The molecular formula is C12H12FN3. The molecular weight excluding hydrogens is 205 g/mol. The maximum Gasteiger partial charge on any atom is 0.123 e. The van der Waals surface area contributed by atoms with Gasteiger partial charge in [-0.15, -0.1) is 0 Å². The number of aromatic nitrogens is 2. The Balaban J connectivity index is 2.03. The second-order valence-electron chi connectivity index (χ2n) is 4.17. The van der Waals surface area contributed by atoms with E-state index in [1.807, 2.05) is 10.9 Å². The first-order valence-electron chi connectivity index (χ1n) is 5.33. The molecule has 16 heavy (non-hydrogen) atoms. The molecule has 1 saturated carbocycles. The van der Waals surface area contributed by atoms with Crippen molar-refractivity contribution in [1.82, 2.24) is 9.78 Å². The van der Waals surface area contributed by atoms with Crippen molar-refractivity contribution < 1.29 is 4.39 Å². The summed E-state index contributed by atoms with van der Waals surface area (Å²) in [6.07, 6.45) is 6.03. The van der Waals surface area contributed by atoms with Crippen molar-refractivity contribution in [2.75, 3.05) is 5.73 Å². The lowest BCUT2D eigenvalue weighted by molar-refractivity contribution is 0.628. The van der Waals surface area contributed by atoms with Crippen molar-refractivity contribution in [1.29, 1.82) is 0 Å².